The molecular weight excluding hydrogens is 399 g/mol. The monoisotopic (exact) mass is 426 g/mol. The van der Waals surface area contributed by atoms with Crippen molar-refractivity contribution in [2.45, 2.75) is 19.9 Å². The van der Waals surface area contributed by atoms with Crippen LogP contribution in [0.1, 0.15) is 24.2 Å². The minimum atomic E-state index is -0.398. The first kappa shape index (κ1) is 22.6. The molecule has 1 heterocycles. The molecule has 0 aromatic heterocycles. The van der Waals surface area contributed by atoms with Gasteiger partial charge in [-0.2, -0.15) is 0 Å². The largest absolute Gasteiger partial charge is 0.325 e. The van der Waals surface area contributed by atoms with Crippen molar-refractivity contribution >= 4 is 29.0 Å². The number of hydrogen-bond donors (Lipinski definition) is 2. The number of Topliss-reactive ketones (excluding diaryl/α,β-unsaturated/α-hetero) is 1. The highest BCUT2D eigenvalue weighted by molar-refractivity contribution is 5.97. The first-order valence-electron chi connectivity index (χ1n) is 10.3. The maximum absolute atomic E-state index is 13.3. The van der Waals surface area contributed by atoms with E-state index in [9.17, 15) is 18.8 Å². The van der Waals surface area contributed by atoms with Crippen molar-refractivity contribution in [3.8, 4) is 0 Å². The highest BCUT2D eigenvalue weighted by Crippen LogP contribution is 2.14. The summed E-state index contributed by atoms with van der Waals surface area (Å²) in [5, 5.41) is 5.57. The van der Waals surface area contributed by atoms with Crippen molar-refractivity contribution in [3.63, 3.8) is 0 Å². The van der Waals surface area contributed by atoms with E-state index in [1.54, 1.807) is 36.4 Å². The Hall–Kier alpha value is -3.10. The summed E-state index contributed by atoms with van der Waals surface area (Å²) in [6.07, 6.45) is 0. The van der Waals surface area contributed by atoms with Crippen LogP contribution >= 0.6 is 0 Å². The van der Waals surface area contributed by atoms with Gasteiger partial charge >= 0.3 is 0 Å². The van der Waals surface area contributed by atoms with Gasteiger partial charge in [0.15, 0.2) is 5.78 Å². The summed E-state index contributed by atoms with van der Waals surface area (Å²) in [5.41, 5.74) is 1.58. The smallest absolute Gasteiger partial charge is 0.241 e. The number of halogens is 1. The molecule has 7 nitrogen and oxygen atoms in total. The topological polar surface area (TPSA) is 81.8 Å². The van der Waals surface area contributed by atoms with Gasteiger partial charge in [-0.05, 0) is 44.2 Å². The molecule has 0 bridgehead atoms. The van der Waals surface area contributed by atoms with E-state index in [0.29, 0.717) is 43.1 Å². The summed E-state index contributed by atoms with van der Waals surface area (Å²) >= 11 is 0. The lowest BCUT2D eigenvalue weighted by Crippen LogP contribution is -2.53. The minimum absolute atomic E-state index is 0.0530. The molecule has 1 aliphatic heterocycles. The molecule has 1 fully saturated rings. The number of hydrogen-bond acceptors (Lipinski definition) is 5. The second kappa shape index (κ2) is 10.3. The zero-order chi connectivity index (χ0) is 22.4. The van der Waals surface area contributed by atoms with Gasteiger partial charge in [-0.1, -0.05) is 18.2 Å². The Morgan fingerprint density at radius 2 is 1.61 bits per heavy atom. The summed E-state index contributed by atoms with van der Waals surface area (Å²) in [4.78, 5) is 40.4. The van der Waals surface area contributed by atoms with Crippen molar-refractivity contribution in [3.05, 3.63) is 59.9 Å². The van der Waals surface area contributed by atoms with Crippen LogP contribution in [0.4, 0.5) is 15.8 Å². The Bertz CT molecular complexity index is 957. The summed E-state index contributed by atoms with van der Waals surface area (Å²) in [7, 11) is 0. The van der Waals surface area contributed by atoms with Crippen LogP contribution in [0.25, 0.3) is 0 Å². The van der Waals surface area contributed by atoms with Crippen LogP contribution in [0.5, 0.6) is 0 Å². The van der Waals surface area contributed by atoms with Crippen LogP contribution in [0.3, 0.4) is 0 Å². The van der Waals surface area contributed by atoms with E-state index in [0.717, 1.165) is 0 Å². The molecule has 3 rings (SSSR count). The average Bonchev–Trinajstić information content (AvgIpc) is 2.74. The van der Waals surface area contributed by atoms with E-state index in [1.807, 2.05) is 16.7 Å². The van der Waals surface area contributed by atoms with E-state index in [-0.39, 0.29) is 30.2 Å². The predicted octanol–water partition coefficient (Wildman–Crippen LogP) is 2.61. The molecule has 2 aromatic rings. The Morgan fingerprint density at radius 3 is 2.26 bits per heavy atom. The lowest BCUT2D eigenvalue weighted by molar-refractivity contribution is -0.122. The highest BCUT2D eigenvalue weighted by atomic mass is 19.1. The summed E-state index contributed by atoms with van der Waals surface area (Å²) in [6, 6.07) is 12.3. The number of rotatable bonds is 7. The molecule has 1 saturated heterocycles. The Morgan fingerprint density at radius 1 is 0.968 bits per heavy atom. The van der Waals surface area contributed by atoms with Gasteiger partial charge in [0.05, 0.1) is 12.6 Å². The Labute approximate surface area is 181 Å². The fraction of sp³-hybridized carbons (Fsp3) is 0.348. The van der Waals surface area contributed by atoms with Crippen molar-refractivity contribution in [2.24, 2.45) is 0 Å². The van der Waals surface area contributed by atoms with Crippen molar-refractivity contribution in [2.75, 3.05) is 43.4 Å². The third-order valence-electron chi connectivity index (χ3n) is 5.35. The van der Waals surface area contributed by atoms with Gasteiger partial charge in [-0.3, -0.25) is 24.2 Å². The number of nitrogens with zero attached hydrogens (tertiary/aromatic N) is 2. The van der Waals surface area contributed by atoms with Crippen molar-refractivity contribution in [1.82, 2.24) is 9.80 Å². The number of carbonyl (C=O) groups excluding carboxylic acids is 3. The molecule has 1 atom stereocenters. The average molecular weight is 426 g/mol. The minimum Gasteiger partial charge on any atom is -0.325 e. The third kappa shape index (κ3) is 6.44. The first-order chi connectivity index (χ1) is 14.8. The fourth-order valence-electron chi connectivity index (χ4n) is 3.51. The van der Waals surface area contributed by atoms with Crippen LogP contribution < -0.4 is 10.6 Å². The Kier molecular flexibility index (Phi) is 7.49. The van der Waals surface area contributed by atoms with Crippen molar-refractivity contribution < 1.29 is 18.8 Å². The van der Waals surface area contributed by atoms with E-state index in [4.69, 9.17) is 0 Å². The zero-order valence-electron chi connectivity index (χ0n) is 17.7. The molecular formula is C23H27FN4O3. The van der Waals surface area contributed by atoms with Gasteiger partial charge in [0.25, 0.3) is 0 Å². The van der Waals surface area contributed by atoms with E-state index in [1.165, 1.54) is 19.1 Å². The number of piperazine rings is 1. The van der Waals surface area contributed by atoms with Gasteiger partial charge in [-0.25, -0.2) is 4.39 Å². The molecule has 2 N–H and O–H groups in total. The SMILES string of the molecule is CC(=O)c1cccc(NC(=O)CN2CCN(C(C)C(=O)Nc3cccc(F)c3)CC2)c1. The summed E-state index contributed by atoms with van der Waals surface area (Å²) < 4.78 is 13.3. The number of carbonyl (C=O) groups is 3. The number of benzene rings is 2. The third-order valence-corrected chi connectivity index (χ3v) is 5.35. The molecule has 1 unspecified atom stereocenters. The molecule has 0 saturated carbocycles. The molecule has 1 aliphatic rings. The maximum Gasteiger partial charge on any atom is 0.241 e. The van der Waals surface area contributed by atoms with Crippen LogP contribution in [0.2, 0.25) is 0 Å². The standard InChI is InChI=1S/C23H27FN4O3/c1-16(23(31)26-21-8-4-6-19(24)14-21)28-11-9-27(10-12-28)15-22(30)25-20-7-3-5-18(13-20)17(2)29/h3-8,13-14,16H,9-12,15H2,1-2H3,(H,25,30)(H,26,31). The number of nitrogens with one attached hydrogen (secondary N) is 2. The molecule has 0 radical (unpaired) electrons. The lowest BCUT2D eigenvalue weighted by atomic mass is 10.1. The fourth-order valence-corrected chi connectivity index (χ4v) is 3.51. The van der Waals surface area contributed by atoms with Gasteiger partial charge in [0.1, 0.15) is 5.82 Å². The zero-order valence-corrected chi connectivity index (χ0v) is 17.7. The lowest BCUT2D eigenvalue weighted by Gasteiger charge is -2.37. The van der Waals surface area contributed by atoms with E-state index >= 15 is 0 Å². The molecule has 31 heavy (non-hydrogen) atoms. The summed E-state index contributed by atoms with van der Waals surface area (Å²) in [6.45, 7) is 6.13. The van der Waals surface area contributed by atoms with Crippen molar-refractivity contribution in [1.29, 1.82) is 0 Å². The molecule has 8 heteroatoms. The molecule has 164 valence electrons. The van der Waals surface area contributed by atoms with E-state index < -0.39 is 5.82 Å². The van der Waals surface area contributed by atoms with Crippen LogP contribution in [-0.4, -0.2) is 66.2 Å². The number of amides is 2. The normalized spacial score (nSPS) is 15.8. The van der Waals surface area contributed by atoms with Gasteiger partial charge < -0.3 is 10.6 Å². The number of anilines is 2. The van der Waals surface area contributed by atoms with Gasteiger partial charge in [0.2, 0.25) is 11.8 Å². The Balaban J connectivity index is 1.45. The summed E-state index contributed by atoms with van der Waals surface area (Å²) in [5.74, 6) is -0.790. The van der Waals surface area contributed by atoms with Crippen LogP contribution in [0.15, 0.2) is 48.5 Å². The van der Waals surface area contributed by atoms with Gasteiger partial charge in [-0.15, -0.1) is 0 Å². The number of ketones is 1. The maximum atomic E-state index is 13.3. The van der Waals surface area contributed by atoms with E-state index in [2.05, 4.69) is 10.6 Å². The van der Waals surface area contributed by atoms with Gasteiger partial charge in [0, 0.05) is 43.1 Å². The highest BCUT2D eigenvalue weighted by Gasteiger charge is 2.26. The van der Waals surface area contributed by atoms with Crippen LogP contribution in [0, 0.1) is 5.82 Å². The quantitative estimate of drug-likeness (QED) is 0.666. The molecule has 2 amide bonds. The second-order valence-corrected chi connectivity index (χ2v) is 7.67. The van der Waals surface area contributed by atoms with Crippen LogP contribution in [-0.2, 0) is 9.59 Å². The molecule has 0 spiro atoms. The first-order valence-corrected chi connectivity index (χ1v) is 10.3. The molecule has 2 aromatic carbocycles. The second-order valence-electron chi connectivity index (χ2n) is 7.67. The molecule has 0 aliphatic carbocycles. The predicted molar refractivity (Wildman–Crippen MR) is 118 cm³/mol.